The van der Waals surface area contributed by atoms with Crippen molar-refractivity contribution < 1.29 is 9.59 Å². The van der Waals surface area contributed by atoms with Crippen LogP contribution in [0.15, 0.2) is 23.0 Å². The zero-order valence-electron chi connectivity index (χ0n) is 15.0. The van der Waals surface area contributed by atoms with Gasteiger partial charge in [-0.25, -0.2) is 4.98 Å². The van der Waals surface area contributed by atoms with Crippen LogP contribution in [0.4, 0.5) is 0 Å². The Morgan fingerprint density at radius 2 is 1.88 bits per heavy atom. The number of benzene rings is 1. The van der Waals surface area contributed by atoms with Crippen LogP contribution in [0.25, 0.3) is 10.9 Å². The minimum atomic E-state index is -0.245. The first-order valence-electron chi connectivity index (χ1n) is 9.12. The molecule has 0 unspecified atom stereocenters. The smallest absolute Gasteiger partial charge is 0.261 e. The third-order valence-electron chi connectivity index (χ3n) is 4.61. The second kappa shape index (κ2) is 8.12. The number of amides is 2. The third kappa shape index (κ3) is 4.09. The van der Waals surface area contributed by atoms with Crippen LogP contribution in [0.2, 0.25) is 0 Å². The normalized spacial score (nSPS) is 14.2. The molecule has 0 bridgehead atoms. The topological polar surface area (TPSA) is 93.1 Å². The first-order chi connectivity index (χ1) is 12.6. The Labute approximate surface area is 151 Å². The van der Waals surface area contributed by atoms with Crippen molar-refractivity contribution in [2.75, 3.05) is 13.1 Å². The van der Waals surface area contributed by atoms with E-state index < -0.39 is 0 Å². The molecule has 1 aromatic heterocycles. The van der Waals surface area contributed by atoms with Crippen molar-refractivity contribution in [1.82, 2.24) is 20.2 Å². The van der Waals surface area contributed by atoms with Crippen molar-refractivity contribution in [3.63, 3.8) is 0 Å². The molecule has 1 aliphatic heterocycles. The standard InChI is InChI=1S/C19H24N4O3/c1-13(24)20-9-10-21-18(25)14-7-8-15-16(12-14)22-17-6-4-2-3-5-11-23(17)19(15)26/h7-8,12H,2-6,9-11H2,1H3,(H,20,24)(H,21,25). The predicted octanol–water partition coefficient (Wildman–Crippen LogP) is 1.38. The van der Waals surface area contributed by atoms with E-state index in [0.29, 0.717) is 36.1 Å². The minimum Gasteiger partial charge on any atom is -0.355 e. The lowest BCUT2D eigenvalue weighted by Gasteiger charge is -2.16. The predicted molar refractivity (Wildman–Crippen MR) is 99.2 cm³/mol. The van der Waals surface area contributed by atoms with Gasteiger partial charge in [0.05, 0.1) is 10.9 Å². The lowest BCUT2D eigenvalue weighted by molar-refractivity contribution is -0.118. The molecule has 2 amide bonds. The number of aryl methyl sites for hydroxylation is 1. The van der Waals surface area contributed by atoms with E-state index in [4.69, 9.17) is 0 Å². The molecule has 2 N–H and O–H groups in total. The van der Waals surface area contributed by atoms with E-state index in [1.807, 2.05) is 0 Å². The van der Waals surface area contributed by atoms with E-state index in [1.54, 1.807) is 22.8 Å². The number of rotatable bonds is 4. The summed E-state index contributed by atoms with van der Waals surface area (Å²) in [6.45, 7) is 2.86. The Kier molecular flexibility index (Phi) is 5.65. The zero-order chi connectivity index (χ0) is 18.5. The summed E-state index contributed by atoms with van der Waals surface area (Å²) >= 11 is 0. The van der Waals surface area contributed by atoms with Gasteiger partial charge in [-0.1, -0.05) is 12.8 Å². The number of hydrogen-bond donors (Lipinski definition) is 2. The molecular weight excluding hydrogens is 332 g/mol. The first-order valence-corrected chi connectivity index (χ1v) is 9.12. The molecule has 2 aromatic rings. The van der Waals surface area contributed by atoms with Gasteiger partial charge in [-0.05, 0) is 31.0 Å². The van der Waals surface area contributed by atoms with Crippen molar-refractivity contribution >= 4 is 22.7 Å². The average Bonchev–Trinajstić information content (AvgIpc) is 2.59. The molecule has 7 heteroatoms. The molecule has 0 atom stereocenters. The van der Waals surface area contributed by atoms with E-state index in [9.17, 15) is 14.4 Å². The van der Waals surface area contributed by atoms with Gasteiger partial charge in [0.1, 0.15) is 5.82 Å². The third-order valence-corrected chi connectivity index (χ3v) is 4.61. The average molecular weight is 356 g/mol. The van der Waals surface area contributed by atoms with Gasteiger partial charge in [0.25, 0.3) is 11.5 Å². The number of nitrogens with one attached hydrogen (secondary N) is 2. The van der Waals surface area contributed by atoms with Crippen molar-refractivity contribution in [1.29, 1.82) is 0 Å². The van der Waals surface area contributed by atoms with Crippen molar-refractivity contribution in [2.24, 2.45) is 0 Å². The summed E-state index contributed by atoms with van der Waals surface area (Å²) in [6, 6.07) is 5.00. The largest absolute Gasteiger partial charge is 0.355 e. The highest BCUT2D eigenvalue weighted by atomic mass is 16.2. The molecule has 1 aliphatic rings. The Hall–Kier alpha value is -2.70. The lowest BCUT2D eigenvalue weighted by atomic mass is 10.1. The van der Waals surface area contributed by atoms with Gasteiger partial charge in [-0.3, -0.25) is 19.0 Å². The molecule has 1 aromatic carbocycles. The van der Waals surface area contributed by atoms with Crippen LogP contribution in [0, 0.1) is 0 Å². The molecule has 0 radical (unpaired) electrons. The molecule has 0 saturated heterocycles. The lowest BCUT2D eigenvalue weighted by Crippen LogP contribution is -2.33. The van der Waals surface area contributed by atoms with Crippen LogP contribution in [-0.2, 0) is 17.8 Å². The van der Waals surface area contributed by atoms with Crippen LogP contribution < -0.4 is 16.2 Å². The van der Waals surface area contributed by atoms with Gasteiger partial charge in [-0.2, -0.15) is 0 Å². The van der Waals surface area contributed by atoms with E-state index in [2.05, 4.69) is 15.6 Å². The Bertz CT molecular complexity index is 888. The maximum Gasteiger partial charge on any atom is 0.261 e. The highest BCUT2D eigenvalue weighted by Crippen LogP contribution is 2.16. The second-order valence-electron chi connectivity index (χ2n) is 6.62. The molecule has 3 rings (SSSR count). The number of carbonyl (C=O) groups is 2. The number of nitrogens with zero attached hydrogens (tertiary/aromatic N) is 2. The van der Waals surface area contributed by atoms with Gasteiger partial charge in [0.15, 0.2) is 0 Å². The summed E-state index contributed by atoms with van der Waals surface area (Å²) in [6.07, 6.45) is 5.11. The van der Waals surface area contributed by atoms with Crippen LogP contribution in [0.3, 0.4) is 0 Å². The molecule has 0 saturated carbocycles. The summed E-state index contributed by atoms with van der Waals surface area (Å²) in [4.78, 5) is 40.6. The van der Waals surface area contributed by atoms with Gasteiger partial charge < -0.3 is 10.6 Å². The van der Waals surface area contributed by atoms with E-state index in [0.717, 1.165) is 37.9 Å². The number of aromatic nitrogens is 2. The van der Waals surface area contributed by atoms with Gasteiger partial charge in [-0.15, -0.1) is 0 Å². The fourth-order valence-electron chi connectivity index (χ4n) is 3.25. The minimum absolute atomic E-state index is 0.0236. The van der Waals surface area contributed by atoms with Gasteiger partial charge >= 0.3 is 0 Å². The fourth-order valence-corrected chi connectivity index (χ4v) is 3.25. The molecule has 0 spiro atoms. The summed E-state index contributed by atoms with van der Waals surface area (Å²) in [5.74, 6) is 0.433. The summed E-state index contributed by atoms with van der Waals surface area (Å²) in [5.41, 5.74) is 1.00. The highest BCUT2D eigenvalue weighted by molar-refractivity contribution is 5.97. The van der Waals surface area contributed by atoms with Crippen molar-refractivity contribution in [3.05, 3.63) is 39.9 Å². The molecule has 138 valence electrons. The molecular formula is C19H24N4O3. The van der Waals surface area contributed by atoms with Crippen LogP contribution in [0.5, 0.6) is 0 Å². The summed E-state index contributed by atoms with van der Waals surface area (Å²) in [5, 5.41) is 5.92. The molecule has 2 heterocycles. The zero-order valence-corrected chi connectivity index (χ0v) is 15.0. The molecule has 26 heavy (non-hydrogen) atoms. The van der Waals surface area contributed by atoms with Crippen molar-refractivity contribution in [2.45, 2.75) is 45.6 Å². The highest BCUT2D eigenvalue weighted by Gasteiger charge is 2.14. The number of hydrogen-bond acceptors (Lipinski definition) is 4. The Morgan fingerprint density at radius 3 is 2.69 bits per heavy atom. The first kappa shape index (κ1) is 18.1. The van der Waals surface area contributed by atoms with E-state index >= 15 is 0 Å². The van der Waals surface area contributed by atoms with Crippen LogP contribution in [-0.4, -0.2) is 34.5 Å². The summed E-state index contributed by atoms with van der Waals surface area (Å²) < 4.78 is 1.79. The van der Waals surface area contributed by atoms with E-state index in [1.165, 1.54) is 6.92 Å². The van der Waals surface area contributed by atoms with Crippen LogP contribution in [0.1, 0.15) is 48.8 Å². The monoisotopic (exact) mass is 356 g/mol. The molecule has 0 aliphatic carbocycles. The van der Waals surface area contributed by atoms with Crippen LogP contribution >= 0.6 is 0 Å². The SMILES string of the molecule is CC(=O)NCCNC(=O)c1ccc2c(=O)n3c(nc2c1)CCCCCC3. The van der Waals surface area contributed by atoms with Gasteiger partial charge in [0.2, 0.25) is 5.91 Å². The second-order valence-corrected chi connectivity index (χ2v) is 6.62. The Balaban J connectivity index is 1.84. The van der Waals surface area contributed by atoms with E-state index in [-0.39, 0.29) is 17.4 Å². The van der Waals surface area contributed by atoms with Gasteiger partial charge in [0, 0.05) is 38.5 Å². The Morgan fingerprint density at radius 1 is 1.12 bits per heavy atom. The number of fused-ring (bicyclic) bond motifs is 2. The number of carbonyl (C=O) groups excluding carboxylic acids is 2. The quantitative estimate of drug-likeness (QED) is 0.810. The summed E-state index contributed by atoms with van der Waals surface area (Å²) in [7, 11) is 0. The molecule has 7 nitrogen and oxygen atoms in total. The maximum atomic E-state index is 12.8. The van der Waals surface area contributed by atoms with Crippen molar-refractivity contribution in [3.8, 4) is 0 Å². The molecule has 0 fully saturated rings. The maximum absolute atomic E-state index is 12.8. The fraction of sp³-hybridized carbons (Fsp3) is 0.474.